The van der Waals surface area contributed by atoms with E-state index in [-0.39, 0.29) is 39.2 Å². The molecule has 2 aromatic heterocycles. The summed E-state index contributed by atoms with van der Waals surface area (Å²) < 4.78 is 54.2. The molecule has 1 unspecified atom stereocenters. The van der Waals surface area contributed by atoms with E-state index in [1.165, 1.54) is 35.2 Å². The first kappa shape index (κ1) is 43.1. The predicted molar refractivity (Wildman–Crippen MR) is 218 cm³/mol. The van der Waals surface area contributed by atoms with Crippen LogP contribution in [0, 0.1) is 0 Å². The van der Waals surface area contributed by atoms with Crippen LogP contribution < -0.4 is 4.90 Å². The standard InChI is InChI=1S/C43H38N5O13P/c1-55-42(53)43(62(54,56-2)57-3)58-24-31-33(60-40(51)29-20-12-6-13-21-29)34(61-41(52)30-22-14-7-15-23-30)39(59-31)47-26-46-32-35(47)44-25-45-36(32)48(37(49)27-16-8-4-9-17-27)38(50)28-18-10-5-11-19-28/h4-23,25-26,31,33-34,39,43H,24H2,1-3H3/t31-,33-,34-,39-,43?/m1/s1. The molecule has 0 aliphatic carbocycles. The Kier molecular flexibility index (Phi) is 13.4. The van der Waals surface area contributed by atoms with Gasteiger partial charge in [-0.2, -0.15) is 0 Å². The summed E-state index contributed by atoms with van der Waals surface area (Å²) >= 11 is 0. The second-order valence-electron chi connectivity index (χ2n) is 13.3. The zero-order valence-electron chi connectivity index (χ0n) is 33.3. The van der Waals surface area contributed by atoms with Crippen LogP contribution in [0.15, 0.2) is 134 Å². The second-order valence-corrected chi connectivity index (χ2v) is 15.6. The van der Waals surface area contributed by atoms with Crippen LogP contribution in [-0.2, 0) is 42.1 Å². The van der Waals surface area contributed by atoms with Crippen molar-refractivity contribution in [1.29, 1.82) is 0 Å². The summed E-state index contributed by atoms with van der Waals surface area (Å²) in [6.07, 6.45) is -3.46. The molecule has 1 saturated heterocycles. The molecule has 1 aliphatic rings. The van der Waals surface area contributed by atoms with Crippen molar-refractivity contribution < 1.29 is 61.3 Å². The molecule has 62 heavy (non-hydrogen) atoms. The number of rotatable bonds is 15. The highest BCUT2D eigenvalue weighted by atomic mass is 31.2. The minimum Gasteiger partial charge on any atom is -0.467 e. The summed E-state index contributed by atoms with van der Waals surface area (Å²) in [6, 6.07) is 32.2. The molecule has 19 heteroatoms. The van der Waals surface area contributed by atoms with E-state index in [0.29, 0.717) is 0 Å². The number of hydrogen-bond acceptors (Lipinski definition) is 16. The molecular formula is C43H38N5O13P. The van der Waals surface area contributed by atoms with E-state index in [0.717, 1.165) is 32.6 Å². The summed E-state index contributed by atoms with van der Waals surface area (Å²) in [5, 5.41) is 0. The Morgan fingerprint density at radius 1 is 0.677 bits per heavy atom. The zero-order chi connectivity index (χ0) is 43.8. The molecule has 0 spiro atoms. The number of hydrogen-bond donors (Lipinski definition) is 0. The Labute approximate surface area is 353 Å². The number of carbonyl (C=O) groups is 5. The number of esters is 3. The molecule has 0 saturated carbocycles. The van der Waals surface area contributed by atoms with Crippen LogP contribution in [0.2, 0.25) is 0 Å². The Balaban J connectivity index is 1.34. The maximum atomic E-state index is 14.2. The normalized spacial score (nSPS) is 17.8. The minimum absolute atomic E-state index is 0.00195. The van der Waals surface area contributed by atoms with E-state index >= 15 is 0 Å². The van der Waals surface area contributed by atoms with Gasteiger partial charge in [0.1, 0.15) is 12.4 Å². The SMILES string of the molecule is COC(=O)C(OC[C@H]1O[C@@H](n2cnc3c(N(C(=O)c4ccccc4)C(=O)c4ccccc4)ncnc32)[C@H](OC(=O)c2ccccc2)[C@@H]1OC(=O)c1ccccc1)P(=O)(OC)OC. The van der Waals surface area contributed by atoms with E-state index in [9.17, 15) is 28.5 Å². The summed E-state index contributed by atoms with van der Waals surface area (Å²) in [5.41, 5.74) is 0.590. The van der Waals surface area contributed by atoms with E-state index in [2.05, 4.69) is 15.0 Å². The molecule has 5 atom stereocenters. The van der Waals surface area contributed by atoms with Crippen molar-refractivity contribution in [3.05, 3.63) is 156 Å². The van der Waals surface area contributed by atoms with Crippen LogP contribution >= 0.6 is 7.60 Å². The van der Waals surface area contributed by atoms with Crippen LogP contribution in [0.5, 0.6) is 0 Å². The fourth-order valence-electron chi connectivity index (χ4n) is 6.60. The number of methoxy groups -OCH3 is 1. The fourth-order valence-corrected chi connectivity index (χ4v) is 7.76. The molecule has 318 valence electrons. The van der Waals surface area contributed by atoms with E-state index in [4.69, 9.17) is 32.7 Å². The van der Waals surface area contributed by atoms with Crippen molar-refractivity contribution in [3.63, 3.8) is 0 Å². The minimum atomic E-state index is -4.30. The smallest absolute Gasteiger partial charge is 0.370 e. The van der Waals surface area contributed by atoms with Crippen molar-refractivity contribution in [2.24, 2.45) is 0 Å². The van der Waals surface area contributed by atoms with E-state index in [1.54, 1.807) is 97.1 Å². The predicted octanol–water partition coefficient (Wildman–Crippen LogP) is 5.66. The average molecular weight is 864 g/mol. The first-order valence-corrected chi connectivity index (χ1v) is 20.4. The molecule has 7 rings (SSSR count). The third-order valence-electron chi connectivity index (χ3n) is 9.68. The molecule has 4 aromatic carbocycles. The average Bonchev–Trinajstić information content (AvgIpc) is 3.90. The number of benzene rings is 4. The summed E-state index contributed by atoms with van der Waals surface area (Å²) in [5.74, 6) is -6.33. The maximum Gasteiger partial charge on any atom is 0.370 e. The number of carbonyl (C=O) groups excluding carboxylic acids is 5. The molecule has 1 fully saturated rings. The quantitative estimate of drug-likeness (QED) is 0.0527. The molecular weight excluding hydrogens is 825 g/mol. The van der Waals surface area contributed by atoms with Gasteiger partial charge in [0.15, 0.2) is 35.4 Å². The number of aromatic nitrogens is 4. The molecule has 2 amide bonds. The van der Waals surface area contributed by atoms with Crippen LogP contribution in [0.3, 0.4) is 0 Å². The van der Waals surface area contributed by atoms with E-state index < -0.39 is 74.3 Å². The van der Waals surface area contributed by atoms with Crippen molar-refractivity contribution in [2.75, 3.05) is 32.8 Å². The topological polar surface area (TPSA) is 214 Å². The molecule has 0 radical (unpaired) electrons. The van der Waals surface area contributed by atoms with Crippen molar-refractivity contribution in [1.82, 2.24) is 19.5 Å². The highest BCUT2D eigenvalue weighted by Gasteiger charge is 2.53. The summed E-state index contributed by atoms with van der Waals surface area (Å²) in [4.78, 5) is 83.1. The molecule has 0 bridgehead atoms. The number of imide groups is 1. The van der Waals surface area contributed by atoms with Gasteiger partial charge >= 0.3 is 25.5 Å². The Hall–Kier alpha value is -6.95. The molecule has 18 nitrogen and oxygen atoms in total. The number of nitrogens with zero attached hydrogens (tertiary/aromatic N) is 5. The monoisotopic (exact) mass is 863 g/mol. The highest BCUT2D eigenvalue weighted by Crippen LogP contribution is 2.53. The lowest BCUT2D eigenvalue weighted by molar-refractivity contribution is -0.153. The van der Waals surface area contributed by atoms with Gasteiger partial charge in [-0.1, -0.05) is 72.8 Å². The van der Waals surface area contributed by atoms with Gasteiger partial charge < -0.3 is 32.7 Å². The third-order valence-corrected chi connectivity index (χ3v) is 11.6. The number of amides is 2. The lowest BCUT2D eigenvalue weighted by Crippen LogP contribution is -2.42. The van der Waals surface area contributed by atoms with Gasteiger partial charge in [-0.05, 0) is 48.5 Å². The molecule has 1 aliphatic heterocycles. The highest BCUT2D eigenvalue weighted by molar-refractivity contribution is 7.55. The fraction of sp³-hybridized carbons (Fsp3) is 0.209. The Morgan fingerprint density at radius 2 is 1.16 bits per heavy atom. The van der Waals surface area contributed by atoms with Gasteiger partial charge in [0, 0.05) is 25.3 Å². The van der Waals surface area contributed by atoms with Gasteiger partial charge in [0.05, 0.1) is 31.2 Å². The van der Waals surface area contributed by atoms with Crippen LogP contribution in [0.25, 0.3) is 11.2 Å². The van der Waals surface area contributed by atoms with Gasteiger partial charge in [-0.15, -0.1) is 0 Å². The first-order chi connectivity index (χ1) is 30.1. The number of anilines is 1. The summed E-state index contributed by atoms with van der Waals surface area (Å²) in [6.45, 7) is -0.642. The lowest BCUT2D eigenvalue weighted by atomic mass is 10.1. The van der Waals surface area contributed by atoms with Crippen molar-refractivity contribution in [2.45, 2.75) is 30.4 Å². The van der Waals surface area contributed by atoms with Gasteiger partial charge in [0.2, 0.25) is 0 Å². The maximum absolute atomic E-state index is 14.2. The van der Waals surface area contributed by atoms with Crippen LogP contribution in [0.1, 0.15) is 47.7 Å². The van der Waals surface area contributed by atoms with Gasteiger partial charge in [-0.25, -0.2) is 34.2 Å². The third kappa shape index (κ3) is 8.90. The van der Waals surface area contributed by atoms with Crippen LogP contribution in [0.4, 0.5) is 5.82 Å². The number of imidazole rings is 1. The molecule has 6 aromatic rings. The zero-order valence-corrected chi connectivity index (χ0v) is 34.2. The largest absolute Gasteiger partial charge is 0.467 e. The van der Waals surface area contributed by atoms with Gasteiger partial charge in [-0.3, -0.25) is 18.7 Å². The van der Waals surface area contributed by atoms with E-state index in [1.807, 2.05) is 0 Å². The van der Waals surface area contributed by atoms with Crippen molar-refractivity contribution in [3.8, 4) is 0 Å². The molecule has 3 heterocycles. The Morgan fingerprint density at radius 3 is 1.65 bits per heavy atom. The molecule has 0 N–H and O–H groups in total. The Bertz CT molecular complexity index is 2540. The van der Waals surface area contributed by atoms with Gasteiger partial charge in [0.25, 0.3) is 17.7 Å². The summed E-state index contributed by atoms with van der Waals surface area (Å²) in [7, 11) is -1.15. The number of ether oxygens (including phenoxy) is 5. The lowest BCUT2D eigenvalue weighted by Gasteiger charge is -2.26. The van der Waals surface area contributed by atoms with Crippen molar-refractivity contribution >= 4 is 54.3 Å². The second kappa shape index (κ2) is 19.2. The number of fused-ring (bicyclic) bond motifs is 1. The van der Waals surface area contributed by atoms with Crippen LogP contribution in [-0.4, -0.2) is 101 Å². The first-order valence-electron chi connectivity index (χ1n) is 18.8.